The SMILES string of the molecule is CC.CC(C)OCCC(C)(C)C(C)C.CCC(=O)N1CCC(CC)CC1. The molecule has 0 aromatic carbocycles. The van der Waals surface area contributed by atoms with Crippen LogP contribution >= 0.6 is 0 Å². The summed E-state index contributed by atoms with van der Waals surface area (Å²) in [6.07, 6.45) is 5.88. The molecule has 0 aromatic rings. The maximum absolute atomic E-state index is 11.3. The summed E-state index contributed by atoms with van der Waals surface area (Å²) in [7, 11) is 0. The van der Waals surface area contributed by atoms with Crippen LogP contribution in [0.1, 0.15) is 101 Å². The normalized spacial score (nSPS) is 15.3. The zero-order valence-corrected chi connectivity index (χ0v) is 19.7. The molecule has 0 unspecified atom stereocenters. The van der Waals surface area contributed by atoms with E-state index < -0.39 is 0 Å². The van der Waals surface area contributed by atoms with Crippen molar-refractivity contribution in [3.8, 4) is 0 Å². The smallest absolute Gasteiger partial charge is 0.222 e. The van der Waals surface area contributed by atoms with E-state index in [1.54, 1.807) is 0 Å². The van der Waals surface area contributed by atoms with Gasteiger partial charge >= 0.3 is 0 Å². The van der Waals surface area contributed by atoms with Gasteiger partial charge in [0.15, 0.2) is 0 Å². The maximum atomic E-state index is 11.3. The van der Waals surface area contributed by atoms with E-state index >= 15 is 0 Å². The van der Waals surface area contributed by atoms with Crippen LogP contribution < -0.4 is 0 Å². The van der Waals surface area contributed by atoms with Crippen molar-refractivity contribution < 1.29 is 9.53 Å². The van der Waals surface area contributed by atoms with Gasteiger partial charge in [0, 0.05) is 26.1 Å². The Morgan fingerprint density at radius 1 is 1.08 bits per heavy atom. The van der Waals surface area contributed by atoms with E-state index in [0.717, 1.165) is 38.0 Å². The van der Waals surface area contributed by atoms with Crippen LogP contribution in [-0.2, 0) is 9.53 Å². The minimum absolute atomic E-state index is 0.324. The van der Waals surface area contributed by atoms with Crippen LogP contribution in [0.25, 0.3) is 0 Å². The lowest BCUT2D eigenvalue weighted by atomic mass is 9.79. The number of carbonyl (C=O) groups excluding carboxylic acids is 1. The Kier molecular flexibility index (Phi) is 16.5. The summed E-state index contributed by atoms with van der Waals surface area (Å²) in [5.74, 6) is 1.92. The molecule has 1 saturated heterocycles. The standard InChI is InChI=1S/C11H24O.C10H19NO.C2H6/c1-9(2)11(5,6)7-8-12-10(3)4;1-3-9-5-7-11(8-6-9)10(12)4-2;1-2/h9-10H,7-8H2,1-6H3;9H,3-8H2,1-2H3;1-2H3. The zero-order valence-electron chi connectivity index (χ0n) is 19.7. The van der Waals surface area contributed by atoms with Crippen molar-refractivity contribution >= 4 is 5.91 Å². The van der Waals surface area contributed by atoms with Gasteiger partial charge in [0.2, 0.25) is 5.91 Å². The number of likely N-dealkylation sites (tertiary alicyclic amines) is 1. The van der Waals surface area contributed by atoms with Crippen LogP contribution in [-0.4, -0.2) is 36.6 Å². The third kappa shape index (κ3) is 12.7. The van der Waals surface area contributed by atoms with Gasteiger partial charge in [0.05, 0.1) is 6.10 Å². The minimum Gasteiger partial charge on any atom is -0.379 e. The lowest BCUT2D eigenvalue weighted by Gasteiger charge is -2.31. The van der Waals surface area contributed by atoms with Gasteiger partial charge in [-0.3, -0.25) is 4.79 Å². The number of carbonyl (C=O) groups is 1. The number of hydrogen-bond acceptors (Lipinski definition) is 2. The van der Waals surface area contributed by atoms with Crippen molar-refractivity contribution in [1.82, 2.24) is 4.90 Å². The molecule has 1 aliphatic rings. The molecule has 0 N–H and O–H groups in total. The molecule has 3 nitrogen and oxygen atoms in total. The van der Waals surface area contributed by atoms with Crippen LogP contribution in [0.5, 0.6) is 0 Å². The Labute approximate surface area is 165 Å². The molecule has 1 aliphatic heterocycles. The summed E-state index contributed by atoms with van der Waals surface area (Å²) < 4.78 is 5.53. The number of rotatable bonds is 7. The van der Waals surface area contributed by atoms with Gasteiger partial charge < -0.3 is 9.64 Å². The van der Waals surface area contributed by atoms with Gasteiger partial charge in [0.25, 0.3) is 0 Å². The Hall–Kier alpha value is -0.570. The molecule has 0 radical (unpaired) electrons. The quantitative estimate of drug-likeness (QED) is 0.507. The fraction of sp³-hybridized carbons (Fsp3) is 0.957. The Bertz CT molecular complexity index is 329. The molecule has 26 heavy (non-hydrogen) atoms. The summed E-state index contributed by atoms with van der Waals surface area (Å²) >= 11 is 0. The fourth-order valence-corrected chi connectivity index (χ4v) is 2.66. The zero-order chi connectivity index (χ0) is 20.8. The molecule has 0 spiro atoms. The number of piperidine rings is 1. The molecular weight excluding hydrogens is 322 g/mol. The van der Waals surface area contributed by atoms with Gasteiger partial charge in [-0.15, -0.1) is 0 Å². The van der Waals surface area contributed by atoms with Crippen molar-refractivity contribution in [3.05, 3.63) is 0 Å². The van der Waals surface area contributed by atoms with Crippen LogP contribution in [0, 0.1) is 17.3 Å². The van der Waals surface area contributed by atoms with Gasteiger partial charge in [0.1, 0.15) is 0 Å². The molecule has 3 heteroatoms. The topological polar surface area (TPSA) is 29.5 Å². The average molecular weight is 372 g/mol. The first-order chi connectivity index (χ1) is 12.1. The third-order valence-corrected chi connectivity index (χ3v) is 5.61. The molecule has 0 saturated carbocycles. The molecule has 1 rings (SSSR count). The Morgan fingerprint density at radius 2 is 1.58 bits per heavy atom. The van der Waals surface area contributed by atoms with Gasteiger partial charge in [-0.05, 0) is 50.4 Å². The fourth-order valence-electron chi connectivity index (χ4n) is 2.66. The van der Waals surface area contributed by atoms with Crippen molar-refractivity contribution in [3.63, 3.8) is 0 Å². The van der Waals surface area contributed by atoms with E-state index in [0.29, 0.717) is 23.8 Å². The molecule has 1 amide bonds. The molecule has 0 aromatic heterocycles. The molecule has 1 heterocycles. The number of nitrogens with zero attached hydrogens (tertiary/aromatic N) is 1. The van der Waals surface area contributed by atoms with E-state index in [1.807, 2.05) is 25.7 Å². The highest BCUT2D eigenvalue weighted by Crippen LogP contribution is 2.29. The van der Waals surface area contributed by atoms with Crippen LogP contribution in [0.2, 0.25) is 0 Å². The summed E-state index contributed by atoms with van der Waals surface area (Å²) in [5, 5.41) is 0. The first-order valence-electron chi connectivity index (χ1n) is 11.0. The second-order valence-electron chi connectivity index (χ2n) is 8.40. The molecule has 1 fully saturated rings. The van der Waals surface area contributed by atoms with Crippen molar-refractivity contribution in [2.75, 3.05) is 19.7 Å². The van der Waals surface area contributed by atoms with E-state index in [-0.39, 0.29) is 0 Å². The van der Waals surface area contributed by atoms with Gasteiger partial charge in [-0.1, -0.05) is 61.8 Å². The van der Waals surface area contributed by atoms with E-state index in [9.17, 15) is 4.79 Å². The molecule has 0 atom stereocenters. The minimum atomic E-state index is 0.324. The van der Waals surface area contributed by atoms with Crippen molar-refractivity contribution in [2.24, 2.45) is 17.3 Å². The number of amides is 1. The third-order valence-electron chi connectivity index (χ3n) is 5.61. The van der Waals surface area contributed by atoms with Crippen LogP contribution in [0.4, 0.5) is 0 Å². The predicted molar refractivity (Wildman–Crippen MR) is 116 cm³/mol. The molecule has 0 bridgehead atoms. The molecular formula is C23H49NO2. The van der Waals surface area contributed by atoms with Gasteiger partial charge in [-0.2, -0.15) is 0 Å². The maximum Gasteiger partial charge on any atom is 0.222 e. The lowest BCUT2D eigenvalue weighted by Crippen LogP contribution is -2.37. The predicted octanol–water partition coefficient (Wildman–Crippen LogP) is 6.55. The highest BCUT2D eigenvalue weighted by Gasteiger charge is 2.22. The second kappa shape index (κ2) is 15.5. The highest BCUT2D eigenvalue weighted by atomic mass is 16.5. The Balaban J connectivity index is 0. The summed E-state index contributed by atoms with van der Waals surface area (Å²) in [6.45, 7) is 24.4. The first-order valence-corrected chi connectivity index (χ1v) is 11.0. The first kappa shape index (κ1) is 27.6. The molecule has 0 aliphatic carbocycles. The lowest BCUT2D eigenvalue weighted by molar-refractivity contribution is -0.132. The second-order valence-corrected chi connectivity index (χ2v) is 8.40. The van der Waals surface area contributed by atoms with E-state index in [1.165, 1.54) is 19.3 Å². The van der Waals surface area contributed by atoms with Crippen LogP contribution in [0.15, 0.2) is 0 Å². The largest absolute Gasteiger partial charge is 0.379 e. The molecule has 158 valence electrons. The average Bonchev–Trinajstić information content (AvgIpc) is 2.62. The monoisotopic (exact) mass is 371 g/mol. The van der Waals surface area contributed by atoms with Crippen molar-refractivity contribution in [1.29, 1.82) is 0 Å². The number of ether oxygens (including phenoxy) is 1. The van der Waals surface area contributed by atoms with Crippen LogP contribution in [0.3, 0.4) is 0 Å². The summed E-state index contributed by atoms with van der Waals surface area (Å²) in [6, 6.07) is 0. The summed E-state index contributed by atoms with van der Waals surface area (Å²) in [4.78, 5) is 13.3. The van der Waals surface area contributed by atoms with Gasteiger partial charge in [-0.25, -0.2) is 0 Å². The van der Waals surface area contributed by atoms with Crippen molar-refractivity contribution in [2.45, 2.75) is 107 Å². The van der Waals surface area contributed by atoms with E-state index in [4.69, 9.17) is 4.74 Å². The highest BCUT2D eigenvalue weighted by molar-refractivity contribution is 5.75. The van der Waals surface area contributed by atoms with E-state index in [2.05, 4.69) is 48.5 Å². The Morgan fingerprint density at radius 3 is 1.92 bits per heavy atom. The number of hydrogen-bond donors (Lipinski definition) is 0. The summed E-state index contributed by atoms with van der Waals surface area (Å²) in [5.41, 5.74) is 0.412.